The number of hydrogen-bond acceptors (Lipinski definition) is 5. The SMILES string of the molecule is COc1ccc(C(=O)c2cc(-c3ccc(C)cc3)nnc2Nc2ccccc2)cc1. The summed E-state index contributed by atoms with van der Waals surface area (Å²) in [5, 5.41) is 11.9. The van der Waals surface area contributed by atoms with E-state index in [-0.39, 0.29) is 5.78 Å². The first kappa shape index (κ1) is 19.3. The van der Waals surface area contributed by atoms with Crippen molar-refractivity contribution in [1.82, 2.24) is 10.2 Å². The number of carbonyl (C=O) groups excluding carboxylic acids is 1. The van der Waals surface area contributed by atoms with Crippen molar-refractivity contribution in [2.75, 3.05) is 12.4 Å². The maximum absolute atomic E-state index is 13.3. The van der Waals surface area contributed by atoms with Crippen molar-refractivity contribution in [2.24, 2.45) is 0 Å². The number of aromatic nitrogens is 2. The molecule has 0 saturated carbocycles. The number of hydrogen-bond donors (Lipinski definition) is 1. The molecule has 4 aromatic rings. The Labute approximate surface area is 175 Å². The Balaban J connectivity index is 1.77. The van der Waals surface area contributed by atoms with Crippen LogP contribution in [0, 0.1) is 6.92 Å². The summed E-state index contributed by atoms with van der Waals surface area (Å²) in [6.07, 6.45) is 0. The van der Waals surface area contributed by atoms with Crippen LogP contribution in [0.25, 0.3) is 11.3 Å². The third-order valence-electron chi connectivity index (χ3n) is 4.77. The standard InChI is InChI=1S/C25H21N3O2/c1-17-8-10-18(11-9-17)23-16-22(24(29)19-12-14-21(30-2)15-13-19)25(28-27-23)26-20-6-4-3-5-7-20/h3-16H,1-2H3,(H,26,28). The second kappa shape index (κ2) is 8.57. The molecule has 0 amide bonds. The number of nitrogens with zero attached hydrogens (tertiary/aromatic N) is 2. The molecule has 0 aliphatic heterocycles. The van der Waals surface area contributed by atoms with Gasteiger partial charge < -0.3 is 10.1 Å². The lowest BCUT2D eigenvalue weighted by Gasteiger charge is -2.12. The minimum absolute atomic E-state index is 0.139. The molecule has 1 aromatic heterocycles. The molecule has 1 heterocycles. The van der Waals surface area contributed by atoms with Gasteiger partial charge in [0.25, 0.3) is 0 Å². The van der Waals surface area contributed by atoms with Crippen molar-refractivity contribution in [2.45, 2.75) is 6.92 Å². The second-order valence-corrected chi connectivity index (χ2v) is 6.91. The van der Waals surface area contributed by atoms with E-state index in [2.05, 4.69) is 15.5 Å². The van der Waals surface area contributed by atoms with Gasteiger partial charge in [-0.2, -0.15) is 0 Å². The lowest BCUT2D eigenvalue weighted by Crippen LogP contribution is -2.09. The molecule has 0 unspecified atom stereocenters. The first-order valence-corrected chi connectivity index (χ1v) is 9.59. The van der Waals surface area contributed by atoms with E-state index in [4.69, 9.17) is 4.74 Å². The number of ketones is 1. The Hall–Kier alpha value is -3.99. The highest BCUT2D eigenvalue weighted by atomic mass is 16.5. The fourth-order valence-electron chi connectivity index (χ4n) is 3.08. The zero-order valence-corrected chi connectivity index (χ0v) is 16.8. The second-order valence-electron chi connectivity index (χ2n) is 6.91. The topological polar surface area (TPSA) is 64.1 Å². The summed E-state index contributed by atoms with van der Waals surface area (Å²) in [6.45, 7) is 2.03. The Morgan fingerprint density at radius 2 is 1.57 bits per heavy atom. The Kier molecular flexibility index (Phi) is 5.52. The zero-order chi connectivity index (χ0) is 20.9. The van der Waals surface area contributed by atoms with E-state index >= 15 is 0 Å². The van der Waals surface area contributed by atoms with E-state index in [9.17, 15) is 4.79 Å². The molecule has 0 bridgehead atoms. The number of rotatable bonds is 6. The quantitative estimate of drug-likeness (QED) is 0.441. The molecule has 0 atom stereocenters. The van der Waals surface area contributed by atoms with Crippen molar-refractivity contribution >= 4 is 17.3 Å². The van der Waals surface area contributed by atoms with Crippen LogP contribution >= 0.6 is 0 Å². The van der Waals surface area contributed by atoms with Gasteiger partial charge in [0.1, 0.15) is 5.75 Å². The van der Waals surface area contributed by atoms with Crippen LogP contribution in [0.2, 0.25) is 0 Å². The molecule has 5 heteroatoms. The van der Waals surface area contributed by atoms with Crippen LogP contribution in [0.1, 0.15) is 21.5 Å². The average Bonchev–Trinajstić information content (AvgIpc) is 2.80. The molecule has 30 heavy (non-hydrogen) atoms. The number of para-hydroxylation sites is 1. The number of carbonyl (C=O) groups is 1. The van der Waals surface area contributed by atoms with E-state index < -0.39 is 0 Å². The molecule has 148 valence electrons. The summed E-state index contributed by atoms with van der Waals surface area (Å²) in [6, 6.07) is 26.4. The first-order valence-electron chi connectivity index (χ1n) is 9.59. The summed E-state index contributed by atoms with van der Waals surface area (Å²) in [5.74, 6) is 0.972. The van der Waals surface area contributed by atoms with E-state index in [0.717, 1.165) is 16.8 Å². The molecule has 5 nitrogen and oxygen atoms in total. The molecule has 0 aliphatic rings. The van der Waals surface area contributed by atoms with Gasteiger partial charge in [0.2, 0.25) is 0 Å². The maximum Gasteiger partial charge on any atom is 0.196 e. The summed E-state index contributed by atoms with van der Waals surface area (Å²) >= 11 is 0. The summed E-state index contributed by atoms with van der Waals surface area (Å²) in [5.41, 5.74) is 4.54. The van der Waals surface area contributed by atoms with Crippen LogP contribution in [-0.4, -0.2) is 23.1 Å². The van der Waals surface area contributed by atoms with Crippen molar-refractivity contribution in [3.63, 3.8) is 0 Å². The molecule has 1 N–H and O–H groups in total. The van der Waals surface area contributed by atoms with Crippen LogP contribution in [0.15, 0.2) is 84.9 Å². The highest BCUT2D eigenvalue weighted by Gasteiger charge is 2.18. The van der Waals surface area contributed by atoms with E-state index in [0.29, 0.717) is 28.4 Å². The van der Waals surface area contributed by atoms with Gasteiger partial charge in [-0.25, -0.2) is 0 Å². The monoisotopic (exact) mass is 395 g/mol. The number of ether oxygens (including phenoxy) is 1. The van der Waals surface area contributed by atoms with Gasteiger partial charge in [0.05, 0.1) is 18.4 Å². The summed E-state index contributed by atoms with van der Waals surface area (Å²) in [7, 11) is 1.60. The first-order chi connectivity index (χ1) is 14.6. The van der Waals surface area contributed by atoms with Gasteiger partial charge >= 0.3 is 0 Å². The predicted octanol–water partition coefficient (Wildman–Crippen LogP) is 5.44. The highest BCUT2D eigenvalue weighted by molar-refractivity contribution is 6.12. The Bertz CT molecular complexity index is 1160. The molecular formula is C25H21N3O2. The summed E-state index contributed by atoms with van der Waals surface area (Å²) in [4.78, 5) is 13.3. The smallest absolute Gasteiger partial charge is 0.196 e. The molecule has 0 fully saturated rings. The third kappa shape index (κ3) is 4.20. The number of nitrogens with one attached hydrogen (secondary N) is 1. The van der Waals surface area contributed by atoms with E-state index in [1.165, 1.54) is 0 Å². The number of methoxy groups -OCH3 is 1. The third-order valence-corrected chi connectivity index (χ3v) is 4.77. The molecule has 4 rings (SSSR count). The van der Waals surface area contributed by atoms with Gasteiger partial charge in [-0.05, 0) is 49.4 Å². The highest BCUT2D eigenvalue weighted by Crippen LogP contribution is 2.26. The van der Waals surface area contributed by atoms with Gasteiger partial charge in [0, 0.05) is 16.8 Å². The number of aryl methyl sites for hydroxylation is 1. The van der Waals surface area contributed by atoms with Gasteiger partial charge in [-0.15, -0.1) is 10.2 Å². The Morgan fingerprint density at radius 1 is 0.867 bits per heavy atom. The average molecular weight is 395 g/mol. The molecule has 3 aromatic carbocycles. The minimum Gasteiger partial charge on any atom is -0.497 e. The zero-order valence-electron chi connectivity index (χ0n) is 16.8. The maximum atomic E-state index is 13.3. The molecule has 0 radical (unpaired) electrons. The summed E-state index contributed by atoms with van der Waals surface area (Å²) < 4.78 is 5.20. The number of benzene rings is 3. The molecule has 0 saturated heterocycles. The van der Waals surface area contributed by atoms with Crippen LogP contribution in [-0.2, 0) is 0 Å². The van der Waals surface area contributed by atoms with Gasteiger partial charge in [-0.1, -0.05) is 48.0 Å². The van der Waals surface area contributed by atoms with Crippen LogP contribution in [0.5, 0.6) is 5.75 Å². The van der Waals surface area contributed by atoms with E-state index in [1.54, 1.807) is 37.4 Å². The van der Waals surface area contributed by atoms with Crippen molar-refractivity contribution < 1.29 is 9.53 Å². The molecule has 0 spiro atoms. The largest absolute Gasteiger partial charge is 0.497 e. The predicted molar refractivity (Wildman–Crippen MR) is 118 cm³/mol. The van der Waals surface area contributed by atoms with Crippen LogP contribution in [0.3, 0.4) is 0 Å². The van der Waals surface area contributed by atoms with E-state index in [1.807, 2.05) is 61.5 Å². The van der Waals surface area contributed by atoms with Crippen LogP contribution in [0.4, 0.5) is 11.5 Å². The lowest BCUT2D eigenvalue weighted by molar-refractivity contribution is 0.103. The molecule has 0 aliphatic carbocycles. The van der Waals surface area contributed by atoms with Crippen LogP contribution < -0.4 is 10.1 Å². The van der Waals surface area contributed by atoms with Crippen molar-refractivity contribution in [1.29, 1.82) is 0 Å². The van der Waals surface area contributed by atoms with Crippen molar-refractivity contribution in [3.8, 4) is 17.0 Å². The molecular weight excluding hydrogens is 374 g/mol. The van der Waals surface area contributed by atoms with Crippen molar-refractivity contribution in [3.05, 3.63) is 102 Å². The fourth-order valence-corrected chi connectivity index (χ4v) is 3.08. The van der Waals surface area contributed by atoms with Gasteiger partial charge in [-0.3, -0.25) is 4.79 Å². The minimum atomic E-state index is -0.139. The Morgan fingerprint density at radius 3 is 2.23 bits per heavy atom. The normalized spacial score (nSPS) is 10.5. The lowest BCUT2D eigenvalue weighted by atomic mass is 10.0. The van der Waals surface area contributed by atoms with Gasteiger partial charge in [0.15, 0.2) is 11.6 Å². The fraction of sp³-hybridized carbons (Fsp3) is 0.0800. The number of anilines is 2.